The summed E-state index contributed by atoms with van der Waals surface area (Å²) < 4.78 is 2.06. The normalized spacial score (nSPS) is 25.9. The summed E-state index contributed by atoms with van der Waals surface area (Å²) in [6.07, 6.45) is 2.76. The lowest BCUT2D eigenvalue weighted by atomic mass is 9.84. The summed E-state index contributed by atoms with van der Waals surface area (Å²) in [5, 5.41) is 10.3. The number of anilines is 1. The van der Waals surface area contributed by atoms with Crippen LogP contribution >= 0.6 is 0 Å². The zero-order valence-corrected chi connectivity index (χ0v) is 14.9. The average Bonchev–Trinajstić information content (AvgIpc) is 3.20. The van der Waals surface area contributed by atoms with Crippen LogP contribution < -0.4 is 15.8 Å². The minimum absolute atomic E-state index is 0.219. The Bertz CT molecular complexity index is 823. The number of piperidine rings is 1. The maximum absolute atomic E-state index is 13.1. The van der Waals surface area contributed by atoms with Crippen molar-refractivity contribution in [3.63, 3.8) is 0 Å². The lowest BCUT2D eigenvalue weighted by Crippen LogP contribution is -2.48. The molecule has 0 aliphatic carbocycles. The number of rotatable bonds is 3. The Kier molecular flexibility index (Phi) is 4.01. The zero-order valence-electron chi connectivity index (χ0n) is 14.9. The minimum atomic E-state index is 0.219. The lowest BCUT2D eigenvalue weighted by molar-refractivity contribution is 0.240. The molecule has 5 rings (SSSR count). The van der Waals surface area contributed by atoms with Gasteiger partial charge in [-0.3, -0.25) is 9.69 Å². The molecule has 26 heavy (non-hydrogen) atoms. The Morgan fingerprint density at radius 3 is 2.85 bits per heavy atom. The van der Waals surface area contributed by atoms with Crippen LogP contribution in [0.15, 0.2) is 23.3 Å². The topological polar surface area (TPSA) is 82.1 Å². The van der Waals surface area contributed by atoms with Crippen LogP contribution in [0.25, 0.3) is 0 Å². The summed E-state index contributed by atoms with van der Waals surface area (Å²) in [4.78, 5) is 21.8. The Morgan fingerprint density at radius 1 is 1.15 bits per heavy atom. The van der Waals surface area contributed by atoms with Crippen LogP contribution in [0.4, 0.5) is 5.95 Å². The molecule has 5 heterocycles. The Balaban J connectivity index is 1.30. The number of pyridine rings is 1. The Morgan fingerprint density at radius 2 is 2.04 bits per heavy atom. The van der Waals surface area contributed by atoms with Gasteiger partial charge >= 0.3 is 0 Å². The summed E-state index contributed by atoms with van der Waals surface area (Å²) in [7, 11) is 0. The van der Waals surface area contributed by atoms with Crippen LogP contribution in [0.3, 0.4) is 0 Å². The maximum Gasteiger partial charge on any atom is 0.255 e. The maximum atomic E-state index is 13.1. The van der Waals surface area contributed by atoms with E-state index in [0.717, 1.165) is 63.9 Å². The number of hydrogen-bond donors (Lipinski definition) is 2. The quantitative estimate of drug-likeness (QED) is 0.806. The van der Waals surface area contributed by atoms with Gasteiger partial charge in [0.1, 0.15) is 6.33 Å². The largest absolute Gasteiger partial charge is 0.339 e. The van der Waals surface area contributed by atoms with Gasteiger partial charge in [-0.25, -0.2) is 5.10 Å². The van der Waals surface area contributed by atoms with Gasteiger partial charge in [-0.2, -0.15) is 10.1 Å². The van der Waals surface area contributed by atoms with Gasteiger partial charge in [-0.05, 0) is 24.9 Å². The highest BCUT2D eigenvalue weighted by atomic mass is 16.1. The molecule has 0 radical (unpaired) electrons. The molecule has 0 saturated carbocycles. The SMILES string of the molecule is O=c1c(CN2CCN(c3ncn[nH]3)CC2)ccc2n1C[C@@H]1CNC[C@H]2C1. The van der Waals surface area contributed by atoms with E-state index in [1.165, 1.54) is 12.1 Å². The van der Waals surface area contributed by atoms with E-state index in [2.05, 4.69) is 47.0 Å². The second-order valence-electron chi connectivity index (χ2n) is 7.73. The molecule has 2 aromatic heterocycles. The van der Waals surface area contributed by atoms with Gasteiger partial charge in [0.15, 0.2) is 0 Å². The molecule has 2 saturated heterocycles. The third-order valence-electron chi connectivity index (χ3n) is 6.06. The third-order valence-corrected chi connectivity index (χ3v) is 6.06. The molecule has 0 amide bonds. The van der Waals surface area contributed by atoms with Crippen LogP contribution in [-0.2, 0) is 13.1 Å². The van der Waals surface area contributed by atoms with E-state index < -0.39 is 0 Å². The first kappa shape index (κ1) is 16.0. The van der Waals surface area contributed by atoms with Crippen LogP contribution in [0.5, 0.6) is 0 Å². The molecule has 8 nitrogen and oxygen atoms in total. The first-order valence-corrected chi connectivity index (χ1v) is 9.54. The van der Waals surface area contributed by atoms with Gasteiger partial charge in [-0.15, -0.1) is 0 Å². The van der Waals surface area contributed by atoms with E-state index in [0.29, 0.717) is 11.8 Å². The lowest BCUT2D eigenvalue weighted by Gasteiger charge is -2.38. The first-order chi connectivity index (χ1) is 12.8. The van der Waals surface area contributed by atoms with Crippen molar-refractivity contribution in [2.45, 2.75) is 25.4 Å². The van der Waals surface area contributed by atoms with Crippen LogP contribution in [0, 0.1) is 5.92 Å². The van der Waals surface area contributed by atoms with Crippen molar-refractivity contribution in [1.82, 2.24) is 30.0 Å². The molecule has 2 N–H and O–H groups in total. The molecule has 0 unspecified atom stereocenters. The number of hydrogen-bond acceptors (Lipinski definition) is 6. The first-order valence-electron chi connectivity index (χ1n) is 9.54. The van der Waals surface area contributed by atoms with E-state index in [9.17, 15) is 4.79 Å². The minimum Gasteiger partial charge on any atom is -0.339 e. The molecule has 0 spiro atoms. The van der Waals surface area contributed by atoms with E-state index >= 15 is 0 Å². The summed E-state index contributed by atoms with van der Waals surface area (Å²) in [6.45, 7) is 7.29. The predicted octanol–water partition coefficient (Wildman–Crippen LogP) is -0.00470. The molecule has 0 aromatic carbocycles. The van der Waals surface area contributed by atoms with E-state index in [1.807, 2.05) is 0 Å². The monoisotopic (exact) mass is 355 g/mol. The zero-order chi connectivity index (χ0) is 17.5. The highest BCUT2D eigenvalue weighted by molar-refractivity contribution is 5.28. The Hall–Kier alpha value is -2.19. The average molecular weight is 355 g/mol. The van der Waals surface area contributed by atoms with Gasteiger partial charge < -0.3 is 14.8 Å². The van der Waals surface area contributed by atoms with Crippen molar-refractivity contribution in [1.29, 1.82) is 0 Å². The van der Waals surface area contributed by atoms with Crippen molar-refractivity contribution in [2.24, 2.45) is 5.92 Å². The predicted molar refractivity (Wildman–Crippen MR) is 98.3 cm³/mol. The number of aromatic amines is 1. The molecular formula is C18H25N7O. The van der Waals surface area contributed by atoms with Gasteiger partial charge in [0, 0.05) is 63.0 Å². The number of nitrogens with one attached hydrogen (secondary N) is 2. The second kappa shape index (κ2) is 6.51. The number of aromatic nitrogens is 4. The van der Waals surface area contributed by atoms with Gasteiger partial charge in [0.05, 0.1) is 0 Å². The highest BCUT2D eigenvalue weighted by Crippen LogP contribution is 2.31. The third kappa shape index (κ3) is 2.83. The fourth-order valence-corrected chi connectivity index (χ4v) is 4.67. The van der Waals surface area contributed by atoms with Crippen LogP contribution in [0.2, 0.25) is 0 Å². The molecular weight excluding hydrogens is 330 g/mol. The summed E-state index contributed by atoms with van der Waals surface area (Å²) in [5.41, 5.74) is 2.36. The van der Waals surface area contributed by atoms with Crippen LogP contribution in [-0.4, -0.2) is 63.9 Å². The second-order valence-corrected chi connectivity index (χ2v) is 7.73. The molecule has 3 aliphatic heterocycles. The van der Waals surface area contributed by atoms with Crippen molar-refractivity contribution in [3.8, 4) is 0 Å². The number of piperazine rings is 1. The van der Waals surface area contributed by atoms with E-state index in [4.69, 9.17) is 0 Å². The number of H-pyrrole nitrogens is 1. The molecule has 2 bridgehead atoms. The molecule has 2 fully saturated rings. The number of nitrogens with zero attached hydrogens (tertiary/aromatic N) is 5. The van der Waals surface area contributed by atoms with Gasteiger partial charge in [-0.1, -0.05) is 6.07 Å². The standard InChI is InChI=1S/C18H25N7O/c26-17-14(1-2-16-15-7-13(8-19-9-15)10-25(16)17)11-23-3-5-24(6-4-23)18-20-12-21-22-18/h1-2,12-13,15,19H,3-11H2,(H,20,21,22)/t13-,15+/m0/s1. The van der Waals surface area contributed by atoms with E-state index in [-0.39, 0.29) is 5.56 Å². The summed E-state index contributed by atoms with van der Waals surface area (Å²) in [6, 6.07) is 4.25. The molecule has 138 valence electrons. The summed E-state index contributed by atoms with van der Waals surface area (Å²) >= 11 is 0. The van der Waals surface area contributed by atoms with Crippen LogP contribution in [0.1, 0.15) is 23.6 Å². The molecule has 8 heteroatoms. The van der Waals surface area contributed by atoms with Crippen molar-refractivity contribution < 1.29 is 0 Å². The van der Waals surface area contributed by atoms with E-state index in [1.54, 1.807) is 6.33 Å². The fourth-order valence-electron chi connectivity index (χ4n) is 4.67. The number of fused-ring (bicyclic) bond motifs is 4. The van der Waals surface area contributed by atoms with Crippen molar-refractivity contribution >= 4 is 5.95 Å². The highest BCUT2D eigenvalue weighted by Gasteiger charge is 2.31. The van der Waals surface area contributed by atoms with Crippen molar-refractivity contribution in [3.05, 3.63) is 40.1 Å². The Labute approximate surface area is 152 Å². The van der Waals surface area contributed by atoms with Gasteiger partial charge in [0.2, 0.25) is 5.95 Å². The van der Waals surface area contributed by atoms with Crippen molar-refractivity contribution in [2.75, 3.05) is 44.2 Å². The molecule has 2 atom stereocenters. The smallest absolute Gasteiger partial charge is 0.255 e. The molecule has 2 aromatic rings. The van der Waals surface area contributed by atoms with Gasteiger partial charge in [0.25, 0.3) is 5.56 Å². The summed E-state index contributed by atoms with van der Waals surface area (Å²) in [5.74, 6) is 1.92. The fraction of sp³-hybridized carbons (Fsp3) is 0.611. The molecule has 3 aliphatic rings.